The van der Waals surface area contributed by atoms with Crippen LogP contribution in [0.5, 0.6) is 0 Å². The molecule has 1 aromatic carbocycles. The summed E-state index contributed by atoms with van der Waals surface area (Å²) in [5.41, 5.74) is 0.847. The number of fused-ring (bicyclic) bond motifs is 1. The number of esters is 1. The van der Waals surface area contributed by atoms with E-state index in [-0.39, 0.29) is 24.4 Å². The summed E-state index contributed by atoms with van der Waals surface area (Å²) in [5.74, 6) is -0.791. The van der Waals surface area contributed by atoms with Crippen LogP contribution in [0, 0.1) is 0 Å². The molecule has 3 rings (SSSR count). The van der Waals surface area contributed by atoms with Crippen LogP contribution in [-0.4, -0.2) is 28.5 Å². The third-order valence-electron chi connectivity index (χ3n) is 3.87. The predicted molar refractivity (Wildman–Crippen MR) is 97.8 cm³/mol. The van der Waals surface area contributed by atoms with E-state index in [4.69, 9.17) is 4.74 Å². The average molecular weight is 371 g/mol. The van der Waals surface area contributed by atoms with Crippen LogP contribution in [0.4, 0.5) is 0 Å². The number of aromatic nitrogens is 2. The number of ether oxygens (including phenoxy) is 1. The van der Waals surface area contributed by atoms with Gasteiger partial charge in [-0.25, -0.2) is 4.98 Å². The first kappa shape index (κ1) is 17.8. The molecule has 0 aliphatic carbocycles. The lowest BCUT2D eigenvalue weighted by atomic mass is 10.1. The number of benzene rings is 1. The quantitative estimate of drug-likeness (QED) is 0.668. The molecule has 0 spiro atoms. The Morgan fingerprint density at radius 3 is 2.81 bits per heavy atom. The van der Waals surface area contributed by atoms with Crippen molar-refractivity contribution < 1.29 is 14.3 Å². The summed E-state index contributed by atoms with van der Waals surface area (Å²) in [4.78, 5) is 41.3. The number of carbonyl (C=O) groups excluding carboxylic acids is 2. The normalized spacial score (nSPS) is 11.9. The maximum absolute atomic E-state index is 12.5. The van der Waals surface area contributed by atoms with Gasteiger partial charge < -0.3 is 10.1 Å². The van der Waals surface area contributed by atoms with Crippen molar-refractivity contribution in [3.8, 4) is 0 Å². The summed E-state index contributed by atoms with van der Waals surface area (Å²) in [5, 5.41) is 4.68. The Morgan fingerprint density at radius 1 is 1.27 bits per heavy atom. The van der Waals surface area contributed by atoms with E-state index in [2.05, 4.69) is 10.3 Å². The summed E-state index contributed by atoms with van der Waals surface area (Å²) >= 11 is 1.44. The Morgan fingerprint density at radius 2 is 2.08 bits per heavy atom. The molecule has 2 aromatic heterocycles. The smallest absolute Gasteiger partial charge is 0.307 e. The molecule has 0 aliphatic rings. The number of nitrogens with one attached hydrogen (secondary N) is 1. The van der Waals surface area contributed by atoms with Gasteiger partial charge >= 0.3 is 5.97 Å². The summed E-state index contributed by atoms with van der Waals surface area (Å²) < 4.78 is 6.07. The Labute approximate surface area is 153 Å². The number of rotatable bonds is 6. The molecular formula is C18H17N3O4S. The lowest BCUT2D eigenvalue weighted by Crippen LogP contribution is -2.35. The lowest BCUT2D eigenvalue weighted by Gasteiger charge is -2.17. The molecule has 0 aliphatic heterocycles. The van der Waals surface area contributed by atoms with Gasteiger partial charge in [0.25, 0.3) is 5.56 Å². The highest BCUT2D eigenvalue weighted by Gasteiger charge is 2.20. The minimum absolute atomic E-state index is 0.0226. The molecule has 3 aromatic rings. The van der Waals surface area contributed by atoms with Crippen LogP contribution in [0.3, 0.4) is 0 Å². The van der Waals surface area contributed by atoms with E-state index in [9.17, 15) is 14.4 Å². The molecule has 8 heteroatoms. The summed E-state index contributed by atoms with van der Waals surface area (Å²) in [6.45, 7) is -0.162. The Hall–Kier alpha value is -3.00. The number of carbonyl (C=O) groups is 2. The van der Waals surface area contributed by atoms with Crippen molar-refractivity contribution in [3.63, 3.8) is 0 Å². The summed E-state index contributed by atoms with van der Waals surface area (Å²) in [6, 6.07) is 10.3. The van der Waals surface area contributed by atoms with Gasteiger partial charge in [-0.15, -0.1) is 11.3 Å². The standard InChI is InChI=1S/C18H17N3O4S/c1-25-18(24)9-13(15-7-4-8-26-15)20-16(22)11-21-14-6-3-2-5-12(14)19-10-17(21)23/h2-8,10,13H,9,11H2,1H3,(H,20,22). The Balaban J connectivity index is 1.82. The molecule has 1 unspecified atom stereocenters. The zero-order valence-electron chi connectivity index (χ0n) is 14.0. The van der Waals surface area contributed by atoms with Crippen molar-refractivity contribution in [2.24, 2.45) is 0 Å². The highest BCUT2D eigenvalue weighted by Crippen LogP contribution is 2.22. The second-order valence-electron chi connectivity index (χ2n) is 5.59. The number of para-hydroxylation sites is 2. The zero-order valence-corrected chi connectivity index (χ0v) is 14.9. The van der Waals surface area contributed by atoms with E-state index in [0.29, 0.717) is 11.0 Å². The van der Waals surface area contributed by atoms with Crippen molar-refractivity contribution in [2.75, 3.05) is 7.11 Å². The molecule has 0 saturated carbocycles. The minimum atomic E-state index is -0.501. The highest BCUT2D eigenvalue weighted by atomic mass is 32.1. The van der Waals surface area contributed by atoms with Crippen molar-refractivity contribution in [1.82, 2.24) is 14.9 Å². The molecule has 1 amide bonds. The van der Waals surface area contributed by atoms with Gasteiger partial charge in [0.15, 0.2) is 0 Å². The average Bonchev–Trinajstić information content (AvgIpc) is 3.18. The molecule has 2 heterocycles. The minimum Gasteiger partial charge on any atom is -0.469 e. The van der Waals surface area contributed by atoms with Gasteiger partial charge in [-0.3, -0.25) is 19.0 Å². The molecule has 26 heavy (non-hydrogen) atoms. The maximum Gasteiger partial charge on any atom is 0.307 e. The van der Waals surface area contributed by atoms with E-state index < -0.39 is 12.0 Å². The van der Waals surface area contributed by atoms with Crippen LogP contribution in [0.15, 0.2) is 52.8 Å². The van der Waals surface area contributed by atoms with Gasteiger partial charge in [0.1, 0.15) is 6.54 Å². The first-order valence-electron chi connectivity index (χ1n) is 7.92. The molecule has 7 nitrogen and oxygen atoms in total. The SMILES string of the molecule is COC(=O)CC(NC(=O)Cn1c(=O)cnc2ccccc21)c1cccs1. The van der Waals surface area contributed by atoms with E-state index in [0.717, 1.165) is 4.88 Å². The number of amides is 1. The number of methoxy groups -OCH3 is 1. The van der Waals surface area contributed by atoms with Crippen molar-refractivity contribution in [2.45, 2.75) is 19.0 Å². The molecule has 0 bridgehead atoms. The largest absolute Gasteiger partial charge is 0.469 e. The molecular weight excluding hydrogens is 354 g/mol. The molecule has 0 fully saturated rings. The molecule has 1 atom stereocenters. The third kappa shape index (κ3) is 3.97. The van der Waals surface area contributed by atoms with Crippen molar-refractivity contribution in [3.05, 3.63) is 63.2 Å². The van der Waals surface area contributed by atoms with Gasteiger partial charge in [0.05, 0.1) is 36.8 Å². The second-order valence-corrected chi connectivity index (χ2v) is 6.57. The van der Waals surface area contributed by atoms with E-state index >= 15 is 0 Å². The van der Waals surface area contributed by atoms with Crippen molar-refractivity contribution >= 4 is 34.2 Å². The zero-order chi connectivity index (χ0) is 18.5. The van der Waals surface area contributed by atoms with Crippen molar-refractivity contribution in [1.29, 1.82) is 0 Å². The maximum atomic E-state index is 12.5. The molecule has 1 N–H and O–H groups in total. The lowest BCUT2D eigenvalue weighted by molar-refractivity contribution is -0.141. The van der Waals surface area contributed by atoms with Crippen LogP contribution in [-0.2, 0) is 20.9 Å². The highest BCUT2D eigenvalue weighted by molar-refractivity contribution is 7.10. The predicted octanol–water partition coefficient (Wildman–Crippen LogP) is 1.88. The molecule has 134 valence electrons. The van der Waals surface area contributed by atoms with Crippen LogP contribution in [0.2, 0.25) is 0 Å². The van der Waals surface area contributed by atoms with Crippen LogP contribution in [0.1, 0.15) is 17.3 Å². The van der Waals surface area contributed by atoms with Gasteiger partial charge in [-0.05, 0) is 23.6 Å². The first-order chi connectivity index (χ1) is 12.6. The second kappa shape index (κ2) is 7.92. The van der Waals surface area contributed by atoms with Crippen LogP contribution < -0.4 is 10.9 Å². The van der Waals surface area contributed by atoms with Crippen LogP contribution in [0.25, 0.3) is 11.0 Å². The fourth-order valence-electron chi connectivity index (χ4n) is 2.62. The first-order valence-corrected chi connectivity index (χ1v) is 8.80. The molecule has 0 saturated heterocycles. The fraction of sp³-hybridized carbons (Fsp3) is 0.222. The fourth-order valence-corrected chi connectivity index (χ4v) is 3.40. The summed E-state index contributed by atoms with van der Waals surface area (Å²) in [7, 11) is 1.30. The van der Waals surface area contributed by atoms with Gasteiger partial charge in [0, 0.05) is 4.88 Å². The topological polar surface area (TPSA) is 90.3 Å². The van der Waals surface area contributed by atoms with Crippen LogP contribution >= 0.6 is 11.3 Å². The monoisotopic (exact) mass is 371 g/mol. The van der Waals surface area contributed by atoms with E-state index in [1.54, 1.807) is 18.2 Å². The summed E-state index contributed by atoms with van der Waals surface area (Å²) in [6.07, 6.45) is 1.22. The number of hydrogen-bond acceptors (Lipinski definition) is 6. The number of hydrogen-bond donors (Lipinski definition) is 1. The van der Waals surface area contributed by atoms with Gasteiger partial charge in [-0.2, -0.15) is 0 Å². The number of thiophene rings is 1. The molecule has 0 radical (unpaired) electrons. The van der Waals surface area contributed by atoms with Gasteiger partial charge in [0.2, 0.25) is 5.91 Å². The van der Waals surface area contributed by atoms with Gasteiger partial charge in [-0.1, -0.05) is 18.2 Å². The Bertz CT molecular complexity index is 982. The van der Waals surface area contributed by atoms with E-state index in [1.165, 1.54) is 29.2 Å². The number of nitrogens with zero attached hydrogens (tertiary/aromatic N) is 2. The third-order valence-corrected chi connectivity index (χ3v) is 4.86. The van der Waals surface area contributed by atoms with E-state index in [1.807, 2.05) is 23.6 Å². The Kier molecular flexibility index (Phi) is 5.43.